The molecule has 2 unspecified atom stereocenters. The molecule has 0 aliphatic carbocycles. The first kappa shape index (κ1) is 13.0. The fraction of sp³-hybridized carbons (Fsp3) is 0.600. The van der Waals surface area contributed by atoms with Crippen molar-refractivity contribution in [2.24, 2.45) is 0 Å². The molecule has 2 rings (SSSR count). The van der Waals surface area contributed by atoms with Crippen molar-refractivity contribution in [3.8, 4) is 0 Å². The Balaban J connectivity index is 2.30. The monoisotopic (exact) mass is 257 g/mol. The van der Waals surface area contributed by atoms with Crippen LogP contribution in [0.2, 0.25) is 0 Å². The Hall–Kier alpha value is -1.48. The third-order valence-electron chi connectivity index (χ3n) is 2.88. The van der Waals surface area contributed by atoms with Crippen molar-refractivity contribution in [3.63, 3.8) is 0 Å². The number of hydrogen-bond donors (Lipinski definition) is 4. The SMILES string of the molecule is CNc1ccn([C@@H]2O[C@H](CO)C(O)C2O)c(=O)n1. The summed E-state index contributed by atoms with van der Waals surface area (Å²) in [6.45, 7) is -0.439. The minimum absolute atomic E-state index is 0.392. The van der Waals surface area contributed by atoms with Gasteiger partial charge in [-0.3, -0.25) is 4.57 Å². The van der Waals surface area contributed by atoms with Gasteiger partial charge in [-0.1, -0.05) is 0 Å². The molecule has 0 aromatic carbocycles. The maximum absolute atomic E-state index is 11.7. The van der Waals surface area contributed by atoms with Crippen LogP contribution in [0, 0.1) is 0 Å². The van der Waals surface area contributed by atoms with Gasteiger partial charge in [-0.2, -0.15) is 4.98 Å². The summed E-state index contributed by atoms with van der Waals surface area (Å²) in [5.41, 5.74) is -0.614. The second kappa shape index (κ2) is 5.02. The molecule has 0 bridgehead atoms. The Kier molecular flexibility index (Phi) is 3.62. The van der Waals surface area contributed by atoms with E-state index in [0.29, 0.717) is 5.82 Å². The van der Waals surface area contributed by atoms with E-state index in [1.165, 1.54) is 12.3 Å². The number of rotatable bonds is 3. The first-order valence-electron chi connectivity index (χ1n) is 5.48. The van der Waals surface area contributed by atoms with Crippen LogP contribution in [-0.4, -0.2) is 56.8 Å². The molecule has 0 spiro atoms. The zero-order valence-corrected chi connectivity index (χ0v) is 9.72. The molecule has 1 aromatic rings. The molecule has 1 aliphatic rings. The molecule has 1 aromatic heterocycles. The number of hydrogen-bond acceptors (Lipinski definition) is 7. The molecule has 4 N–H and O–H groups in total. The quantitative estimate of drug-likeness (QED) is 0.490. The molecule has 0 amide bonds. The van der Waals surface area contributed by atoms with Gasteiger partial charge >= 0.3 is 5.69 Å². The molecule has 100 valence electrons. The summed E-state index contributed by atoms with van der Waals surface area (Å²) in [7, 11) is 1.62. The molecule has 4 atom stereocenters. The number of aliphatic hydroxyl groups is 3. The Morgan fingerprint density at radius 1 is 1.50 bits per heavy atom. The predicted molar refractivity (Wildman–Crippen MR) is 61.1 cm³/mol. The smallest absolute Gasteiger partial charge is 0.351 e. The Morgan fingerprint density at radius 3 is 2.72 bits per heavy atom. The van der Waals surface area contributed by atoms with Gasteiger partial charge in [-0.25, -0.2) is 4.79 Å². The van der Waals surface area contributed by atoms with Crippen LogP contribution in [0.5, 0.6) is 0 Å². The Morgan fingerprint density at radius 2 is 2.22 bits per heavy atom. The molecular formula is C10H15N3O5. The van der Waals surface area contributed by atoms with Gasteiger partial charge in [0.2, 0.25) is 0 Å². The zero-order valence-electron chi connectivity index (χ0n) is 9.72. The zero-order chi connectivity index (χ0) is 13.3. The Labute approximate surface area is 102 Å². The largest absolute Gasteiger partial charge is 0.394 e. The second-order valence-electron chi connectivity index (χ2n) is 3.98. The molecule has 0 saturated carbocycles. The maximum atomic E-state index is 11.7. The first-order valence-corrected chi connectivity index (χ1v) is 5.48. The molecule has 2 heterocycles. The van der Waals surface area contributed by atoms with Crippen molar-refractivity contribution in [2.75, 3.05) is 19.0 Å². The average Bonchev–Trinajstić information content (AvgIpc) is 2.66. The highest BCUT2D eigenvalue weighted by Gasteiger charge is 2.43. The summed E-state index contributed by atoms with van der Waals surface area (Å²) in [4.78, 5) is 15.4. The highest BCUT2D eigenvalue weighted by Crippen LogP contribution is 2.27. The molecule has 0 radical (unpaired) electrons. The van der Waals surface area contributed by atoms with Crippen LogP contribution < -0.4 is 11.0 Å². The van der Waals surface area contributed by atoms with E-state index in [1.54, 1.807) is 7.05 Å². The van der Waals surface area contributed by atoms with Gasteiger partial charge in [-0.15, -0.1) is 0 Å². The van der Waals surface area contributed by atoms with Gasteiger partial charge in [0.15, 0.2) is 6.23 Å². The molecule has 18 heavy (non-hydrogen) atoms. The maximum Gasteiger partial charge on any atom is 0.351 e. The lowest BCUT2D eigenvalue weighted by Crippen LogP contribution is -2.36. The van der Waals surface area contributed by atoms with E-state index in [9.17, 15) is 15.0 Å². The summed E-state index contributed by atoms with van der Waals surface area (Å²) < 4.78 is 6.30. The first-order chi connectivity index (χ1) is 8.58. The van der Waals surface area contributed by atoms with Gasteiger partial charge in [0, 0.05) is 13.2 Å². The van der Waals surface area contributed by atoms with Gasteiger partial charge in [-0.05, 0) is 6.07 Å². The molecular weight excluding hydrogens is 242 g/mol. The van der Waals surface area contributed by atoms with Gasteiger partial charge in [0.25, 0.3) is 0 Å². The number of anilines is 1. The van der Waals surface area contributed by atoms with Crippen LogP contribution in [0.3, 0.4) is 0 Å². The summed E-state index contributed by atoms with van der Waals surface area (Å²) in [5, 5.41) is 31.0. The van der Waals surface area contributed by atoms with Crippen molar-refractivity contribution in [1.29, 1.82) is 0 Å². The van der Waals surface area contributed by atoms with E-state index in [-0.39, 0.29) is 0 Å². The number of aliphatic hydroxyl groups excluding tert-OH is 3. The van der Waals surface area contributed by atoms with Crippen LogP contribution >= 0.6 is 0 Å². The predicted octanol–water partition coefficient (Wildman–Crippen LogP) is -2.10. The topological polar surface area (TPSA) is 117 Å². The van der Waals surface area contributed by atoms with E-state index >= 15 is 0 Å². The van der Waals surface area contributed by atoms with Crippen LogP contribution in [0.1, 0.15) is 6.23 Å². The minimum Gasteiger partial charge on any atom is -0.394 e. The lowest BCUT2D eigenvalue weighted by molar-refractivity contribution is -0.0549. The standard InChI is InChI=1S/C10H15N3O5/c1-11-6-2-3-13(10(17)12-6)9-8(16)7(15)5(4-14)18-9/h2-3,5,7-9,14-16H,4H2,1H3,(H,11,12,17)/t5-,7?,8?,9-/m1/s1. The molecule has 1 aliphatic heterocycles. The number of ether oxygens (including phenoxy) is 1. The lowest BCUT2D eigenvalue weighted by atomic mass is 10.1. The van der Waals surface area contributed by atoms with E-state index in [0.717, 1.165) is 4.57 Å². The minimum atomic E-state index is -1.29. The van der Waals surface area contributed by atoms with Gasteiger partial charge in [0.1, 0.15) is 24.1 Å². The number of aromatic nitrogens is 2. The van der Waals surface area contributed by atoms with Crippen LogP contribution in [0.4, 0.5) is 5.82 Å². The summed E-state index contributed by atoms with van der Waals surface area (Å²) >= 11 is 0. The van der Waals surface area contributed by atoms with Crippen LogP contribution in [-0.2, 0) is 4.74 Å². The summed E-state index contributed by atoms with van der Waals surface area (Å²) in [6, 6.07) is 1.54. The average molecular weight is 257 g/mol. The third kappa shape index (κ3) is 2.10. The molecule has 8 heteroatoms. The second-order valence-corrected chi connectivity index (χ2v) is 3.98. The van der Waals surface area contributed by atoms with Crippen molar-refractivity contribution < 1.29 is 20.1 Å². The van der Waals surface area contributed by atoms with Gasteiger partial charge < -0.3 is 25.4 Å². The summed E-state index contributed by atoms with van der Waals surface area (Å²) in [6.07, 6.45) is -3.09. The van der Waals surface area contributed by atoms with Crippen LogP contribution in [0.15, 0.2) is 17.1 Å². The van der Waals surface area contributed by atoms with E-state index < -0.39 is 36.8 Å². The van der Waals surface area contributed by atoms with Gasteiger partial charge in [0.05, 0.1) is 6.61 Å². The summed E-state index contributed by atoms with van der Waals surface area (Å²) in [5.74, 6) is 0.392. The highest BCUT2D eigenvalue weighted by molar-refractivity contribution is 5.30. The van der Waals surface area contributed by atoms with Crippen LogP contribution in [0.25, 0.3) is 0 Å². The molecule has 1 saturated heterocycles. The fourth-order valence-electron chi connectivity index (χ4n) is 1.86. The van der Waals surface area contributed by atoms with Crippen molar-refractivity contribution in [1.82, 2.24) is 9.55 Å². The fourth-order valence-corrected chi connectivity index (χ4v) is 1.86. The van der Waals surface area contributed by atoms with E-state index in [1.807, 2.05) is 0 Å². The molecule has 8 nitrogen and oxygen atoms in total. The third-order valence-corrected chi connectivity index (χ3v) is 2.88. The van der Waals surface area contributed by atoms with E-state index in [2.05, 4.69) is 10.3 Å². The highest BCUT2D eigenvalue weighted by atomic mass is 16.6. The Bertz CT molecular complexity index is 477. The molecule has 1 fully saturated rings. The van der Waals surface area contributed by atoms with E-state index in [4.69, 9.17) is 9.84 Å². The lowest BCUT2D eigenvalue weighted by Gasteiger charge is -2.17. The number of nitrogens with zero attached hydrogens (tertiary/aromatic N) is 2. The van der Waals surface area contributed by atoms with Crippen molar-refractivity contribution in [2.45, 2.75) is 24.5 Å². The number of nitrogens with one attached hydrogen (secondary N) is 1. The van der Waals surface area contributed by atoms with Crippen molar-refractivity contribution in [3.05, 3.63) is 22.7 Å². The normalized spacial score (nSPS) is 31.6. The van der Waals surface area contributed by atoms with Crippen molar-refractivity contribution >= 4 is 5.82 Å².